The predicted molar refractivity (Wildman–Crippen MR) is 187 cm³/mol. The predicted octanol–water partition coefficient (Wildman–Crippen LogP) is 5.16. The number of fused-ring (bicyclic) bond motifs is 1. The van der Waals surface area contributed by atoms with Gasteiger partial charge in [-0.05, 0) is 72.1 Å². The molecule has 0 unspecified atom stereocenters. The molecule has 4 aromatic carbocycles. The van der Waals surface area contributed by atoms with Crippen LogP contribution < -0.4 is 23.7 Å². The van der Waals surface area contributed by atoms with Crippen molar-refractivity contribution in [2.45, 2.75) is 31.6 Å². The van der Waals surface area contributed by atoms with E-state index in [1.165, 1.54) is 6.07 Å². The van der Waals surface area contributed by atoms with Gasteiger partial charge in [-0.15, -0.1) is 0 Å². The Hall–Kier alpha value is -4.30. The van der Waals surface area contributed by atoms with Crippen molar-refractivity contribution in [3.05, 3.63) is 100 Å². The first-order valence-corrected chi connectivity index (χ1v) is 19.2. The Labute approximate surface area is 291 Å². The number of rotatable bonds is 15. The van der Waals surface area contributed by atoms with E-state index in [0.29, 0.717) is 46.6 Å². The van der Waals surface area contributed by atoms with Crippen molar-refractivity contribution in [2.24, 2.45) is 0 Å². The molecule has 49 heavy (non-hydrogen) atoms. The summed E-state index contributed by atoms with van der Waals surface area (Å²) in [5.74, 6) is 1.92. The highest BCUT2D eigenvalue weighted by molar-refractivity contribution is 7.90. The SMILES string of the molecule is Cc1c(COc2cc(OCc3cccc(S(C)(=O)=O)c3)c(CN(C)CCS(=O)(=O)NC=O)cc2Cl)cccc1-c1ccc2c(c1)OCCO2. The molecule has 0 saturated carbocycles. The van der Waals surface area contributed by atoms with Crippen LogP contribution in [0.1, 0.15) is 22.3 Å². The van der Waals surface area contributed by atoms with Crippen molar-refractivity contribution >= 4 is 37.9 Å². The van der Waals surface area contributed by atoms with Crippen molar-refractivity contribution < 1.29 is 40.6 Å². The largest absolute Gasteiger partial charge is 0.488 e. The number of sulfonamides is 1. The number of sulfone groups is 1. The number of carbonyl (C=O) groups is 1. The minimum Gasteiger partial charge on any atom is -0.488 e. The number of carbonyl (C=O) groups excluding carboxylic acids is 1. The molecule has 0 aliphatic carbocycles. The number of halogens is 1. The molecule has 0 bridgehead atoms. The summed E-state index contributed by atoms with van der Waals surface area (Å²) < 4.78 is 73.9. The monoisotopic (exact) mass is 728 g/mol. The molecule has 1 heterocycles. The van der Waals surface area contributed by atoms with Crippen LogP contribution in [0, 0.1) is 6.92 Å². The minimum atomic E-state index is -3.77. The Morgan fingerprint density at radius 2 is 1.61 bits per heavy atom. The van der Waals surface area contributed by atoms with Crippen LogP contribution in [0.2, 0.25) is 5.02 Å². The minimum absolute atomic E-state index is 0.0511. The Kier molecular flexibility index (Phi) is 11.4. The molecule has 0 saturated heterocycles. The number of ether oxygens (including phenoxy) is 4. The average molecular weight is 729 g/mol. The van der Waals surface area contributed by atoms with E-state index >= 15 is 0 Å². The Balaban J connectivity index is 1.38. The van der Waals surface area contributed by atoms with Crippen molar-refractivity contribution in [1.82, 2.24) is 9.62 Å². The van der Waals surface area contributed by atoms with E-state index in [1.54, 1.807) is 42.3 Å². The molecule has 0 atom stereocenters. The molecule has 14 heteroatoms. The fraction of sp³-hybridized carbons (Fsp3) is 0.286. The highest BCUT2D eigenvalue weighted by Gasteiger charge is 2.18. The third kappa shape index (κ3) is 9.44. The molecule has 0 radical (unpaired) electrons. The lowest BCUT2D eigenvalue weighted by molar-refractivity contribution is -0.108. The number of amides is 1. The van der Waals surface area contributed by atoms with Crippen molar-refractivity contribution in [1.29, 1.82) is 0 Å². The van der Waals surface area contributed by atoms with Crippen molar-refractivity contribution in [3.63, 3.8) is 0 Å². The van der Waals surface area contributed by atoms with Gasteiger partial charge < -0.3 is 23.8 Å². The second kappa shape index (κ2) is 15.5. The van der Waals surface area contributed by atoms with Crippen LogP contribution in [0.3, 0.4) is 0 Å². The van der Waals surface area contributed by atoms with Crippen LogP contribution in [-0.4, -0.2) is 67.0 Å². The smallest absolute Gasteiger partial charge is 0.235 e. The zero-order valence-electron chi connectivity index (χ0n) is 27.3. The Morgan fingerprint density at radius 3 is 2.37 bits per heavy atom. The van der Waals surface area contributed by atoms with E-state index in [0.717, 1.165) is 34.3 Å². The van der Waals surface area contributed by atoms with Crippen molar-refractivity contribution in [2.75, 3.05) is 38.8 Å². The third-order valence-corrected chi connectivity index (χ3v) is 10.5. The first-order valence-electron chi connectivity index (χ1n) is 15.3. The maximum atomic E-state index is 12.1. The lowest BCUT2D eigenvalue weighted by Gasteiger charge is -2.21. The molecule has 1 aliphatic heterocycles. The van der Waals surface area contributed by atoms with Gasteiger partial charge in [0.15, 0.2) is 21.3 Å². The first-order chi connectivity index (χ1) is 23.3. The fourth-order valence-corrected chi connectivity index (χ4v) is 7.02. The summed E-state index contributed by atoms with van der Waals surface area (Å²) in [6.07, 6.45) is 1.27. The van der Waals surface area contributed by atoms with Gasteiger partial charge in [-0.1, -0.05) is 48.0 Å². The van der Waals surface area contributed by atoms with Gasteiger partial charge in [-0.2, -0.15) is 0 Å². The van der Waals surface area contributed by atoms with Crippen molar-refractivity contribution in [3.8, 4) is 34.1 Å². The molecule has 1 N–H and O–H groups in total. The standard InChI is InChI=1S/C35H37ClN2O9S2/c1-24-27(7-5-9-30(24)26-10-11-32-35(18-26)45-14-13-44-32)22-47-34-19-33(46-21-25-6-4-8-29(16-25)48(3,40)41)28(17-31(34)36)20-38(2)12-15-49(42,43)37-23-39/h4-11,16-19,23H,12-15,20-22H2,1-3H3,(H,37,39). The summed E-state index contributed by atoms with van der Waals surface area (Å²) in [6, 6.07) is 21.7. The van der Waals surface area contributed by atoms with E-state index in [4.69, 9.17) is 30.5 Å². The zero-order chi connectivity index (χ0) is 35.2. The molecule has 0 spiro atoms. The maximum Gasteiger partial charge on any atom is 0.235 e. The number of hydrogen-bond acceptors (Lipinski definition) is 10. The highest BCUT2D eigenvalue weighted by atomic mass is 35.5. The molecular formula is C35H37ClN2O9S2. The summed E-state index contributed by atoms with van der Waals surface area (Å²) in [5, 5.41) is 0.325. The quantitative estimate of drug-likeness (QED) is 0.164. The normalized spacial score (nSPS) is 12.8. The fourth-order valence-electron chi connectivity index (χ4n) is 5.27. The van der Waals surface area contributed by atoms with Crippen LogP contribution in [0.15, 0.2) is 77.7 Å². The van der Waals surface area contributed by atoms with Gasteiger partial charge in [0.25, 0.3) is 0 Å². The zero-order valence-corrected chi connectivity index (χ0v) is 29.7. The second-order valence-corrected chi connectivity index (χ2v) is 15.9. The molecule has 5 rings (SSSR count). The summed E-state index contributed by atoms with van der Waals surface area (Å²) in [6.45, 7) is 3.68. The lowest BCUT2D eigenvalue weighted by atomic mass is 9.96. The first kappa shape index (κ1) is 36.0. The summed E-state index contributed by atoms with van der Waals surface area (Å²) in [7, 11) is -5.46. The molecule has 260 valence electrons. The average Bonchev–Trinajstić information content (AvgIpc) is 3.06. The topological polar surface area (TPSA) is 138 Å². The number of nitrogens with one attached hydrogen (secondary N) is 1. The van der Waals surface area contributed by atoms with Crippen LogP contribution in [0.4, 0.5) is 0 Å². The van der Waals surface area contributed by atoms with Gasteiger partial charge in [-0.25, -0.2) is 16.8 Å². The molecule has 0 aromatic heterocycles. The molecule has 1 aliphatic rings. The maximum absolute atomic E-state index is 12.1. The van der Waals surface area contributed by atoms with Gasteiger partial charge in [0.2, 0.25) is 16.4 Å². The molecule has 4 aromatic rings. The molecule has 0 fully saturated rings. The summed E-state index contributed by atoms with van der Waals surface area (Å²) in [4.78, 5) is 12.6. The molecule has 1 amide bonds. The second-order valence-electron chi connectivity index (χ2n) is 11.6. The highest BCUT2D eigenvalue weighted by Crippen LogP contribution is 2.38. The van der Waals surface area contributed by atoms with Crippen LogP contribution >= 0.6 is 11.6 Å². The number of nitrogens with zero attached hydrogens (tertiary/aromatic N) is 1. The van der Waals surface area contributed by atoms with E-state index in [-0.39, 0.29) is 43.4 Å². The van der Waals surface area contributed by atoms with E-state index in [9.17, 15) is 21.6 Å². The van der Waals surface area contributed by atoms with E-state index in [1.807, 2.05) is 48.0 Å². The Bertz CT molecular complexity index is 2050. The van der Waals surface area contributed by atoms with Gasteiger partial charge in [0, 0.05) is 31.0 Å². The van der Waals surface area contributed by atoms with Gasteiger partial charge in [0.1, 0.15) is 37.9 Å². The molecular weight excluding hydrogens is 692 g/mol. The van der Waals surface area contributed by atoms with Gasteiger partial charge >= 0.3 is 0 Å². The molecule has 11 nitrogen and oxygen atoms in total. The van der Waals surface area contributed by atoms with E-state index in [2.05, 4.69) is 0 Å². The third-order valence-electron chi connectivity index (χ3n) is 7.93. The van der Waals surface area contributed by atoms with Gasteiger partial charge in [0.05, 0.1) is 15.7 Å². The summed E-state index contributed by atoms with van der Waals surface area (Å²) >= 11 is 6.73. The lowest BCUT2D eigenvalue weighted by Crippen LogP contribution is -2.32. The number of hydrogen-bond donors (Lipinski definition) is 1. The summed E-state index contributed by atoms with van der Waals surface area (Å²) in [5.41, 5.74) is 5.26. The van der Waals surface area contributed by atoms with Gasteiger partial charge in [-0.3, -0.25) is 9.52 Å². The van der Waals surface area contributed by atoms with Crippen LogP contribution in [0.25, 0.3) is 11.1 Å². The Morgan fingerprint density at radius 1 is 0.878 bits per heavy atom. The number of benzene rings is 4. The van der Waals surface area contributed by atoms with Crippen LogP contribution in [-0.2, 0) is 44.4 Å². The van der Waals surface area contributed by atoms with E-state index < -0.39 is 19.9 Å². The van der Waals surface area contributed by atoms with Crippen LogP contribution in [0.5, 0.6) is 23.0 Å².